The highest BCUT2D eigenvalue weighted by atomic mass is 19.1. The number of rotatable bonds is 3. The molecular weight excluding hydrogens is 207 g/mol. The van der Waals surface area contributed by atoms with E-state index in [1.54, 1.807) is 23.1 Å². The zero-order chi connectivity index (χ0) is 11.5. The standard InChI is InChI=1S/C11H13FN4/c1-2-16-7-8(6-15-16)10(13)11-9(12)4-3-5-14-11/h3-7,10H,2,13H2,1H3. The molecule has 0 amide bonds. The number of aryl methyl sites for hydroxylation is 1. The molecule has 0 radical (unpaired) electrons. The molecule has 0 spiro atoms. The Bertz CT molecular complexity index is 480. The van der Waals surface area contributed by atoms with Crippen molar-refractivity contribution in [3.8, 4) is 0 Å². The minimum absolute atomic E-state index is 0.248. The lowest BCUT2D eigenvalue weighted by atomic mass is 10.1. The van der Waals surface area contributed by atoms with Crippen LogP contribution in [-0.2, 0) is 6.54 Å². The van der Waals surface area contributed by atoms with E-state index in [1.165, 1.54) is 12.3 Å². The molecule has 2 N–H and O–H groups in total. The first-order valence-electron chi connectivity index (χ1n) is 5.10. The first-order valence-corrected chi connectivity index (χ1v) is 5.10. The summed E-state index contributed by atoms with van der Waals surface area (Å²) in [6.07, 6.45) is 4.98. The van der Waals surface area contributed by atoms with Crippen LogP contribution in [0.1, 0.15) is 24.2 Å². The summed E-state index contributed by atoms with van der Waals surface area (Å²) in [5.41, 5.74) is 6.94. The van der Waals surface area contributed by atoms with Crippen LogP contribution in [0.2, 0.25) is 0 Å². The van der Waals surface area contributed by atoms with E-state index in [1.807, 2.05) is 6.92 Å². The molecule has 0 bridgehead atoms. The van der Waals surface area contributed by atoms with Gasteiger partial charge in [-0.1, -0.05) is 0 Å². The summed E-state index contributed by atoms with van der Waals surface area (Å²) in [5.74, 6) is -0.390. The zero-order valence-electron chi connectivity index (χ0n) is 8.97. The minimum Gasteiger partial charge on any atom is -0.319 e. The van der Waals surface area contributed by atoms with Crippen molar-refractivity contribution in [2.45, 2.75) is 19.5 Å². The Morgan fingerprint density at radius 3 is 3.00 bits per heavy atom. The topological polar surface area (TPSA) is 56.7 Å². The SMILES string of the molecule is CCn1cc(C(N)c2ncccc2F)cn1. The van der Waals surface area contributed by atoms with Crippen molar-refractivity contribution < 1.29 is 4.39 Å². The van der Waals surface area contributed by atoms with Gasteiger partial charge in [-0.05, 0) is 19.1 Å². The summed E-state index contributed by atoms with van der Waals surface area (Å²) in [7, 11) is 0. The van der Waals surface area contributed by atoms with E-state index < -0.39 is 6.04 Å². The molecule has 5 heteroatoms. The third kappa shape index (κ3) is 1.94. The Balaban J connectivity index is 2.31. The van der Waals surface area contributed by atoms with E-state index in [-0.39, 0.29) is 11.5 Å². The molecule has 1 atom stereocenters. The molecule has 2 rings (SSSR count). The van der Waals surface area contributed by atoms with Crippen molar-refractivity contribution in [1.82, 2.24) is 14.8 Å². The van der Waals surface area contributed by atoms with Crippen LogP contribution in [0, 0.1) is 5.82 Å². The van der Waals surface area contributed by atoms with E-state index in [2.05, 4.69) is 10.1 Å². The molecule has 0 fully saturated rings. The van der Waals surface area contributed by atoms with Crippen LogP contribution in [0.3, 0.4) is 0 Å². The number of nitrogens with two attached hydrogens (primary N) is 1. The third-order valence-corrected chi connectivity index (χ3v) is 2.42. The number of halogens is 1. The van der Waals surface area contributed by atoms with Gasteiger partial charge in [-0.3, -0.25) is 9.67 Å². The van der Waals surface area contributed by atoms with E-state index >= 15 is 0 Å². The molecule has 0 aliphatic rings. The number of hydrogen-bond donors (Lipinski definition) is 1. The summed E-state index contributed by atoms with van der Waals surface area (Å²) in [6, 6.07) is 2.33. The van der Waals surface area contributed by atoms with Gasteiger partial charge in [0.25, 0.3) is 0 Å². The Morgan fingerprint density at radius 2 is 2.38 bits per heavy atom. The molecule has 4 nitrogen and oxygen atoms in total. The van der Waals surface area contributed by atoms with E-state index in [0.29, 0.717) is 0 Å². The summed E-state index contributed by atoms with van der Waals surface area (Å²) in [5, 5.41) is 4.10. The van der Waals surface area contributed by atoms with Crippen LogP contribution < -0.4 is 5.73 Å². The quantitative estimate of drug-likeness (QED) is 0.852. The minimum atomic E-state index is -0.568. The Kier molecular flexibility index (Phi) is 2.96. The molecule has 0 saturated carbocycles. The highest BCUT2D eigenvalue weighted by Crippen LogP contribution is 2.19. The van der Waals surface area contributed by atoms with Crippen molar-refractivity contribution in [3.63, 3.8) is 0 Å². The van der Waals surface area contributed by atoms with Gasteiger partial charge in [0.05, 0.1) is 17.9 Å². The second kappa shape index (κ2) is 4.40. The fraction of sp³-hybridized carbons (Fsp3) is 0.273. The lowest BCUT2D eigenvalue weighted by molar-refractivity contribution is 0.586. The van der Waals surface area contributed by atoms with Crippen molar-refractivity contribution in [2.75, 3.05) is 0 Å². The highest BCUT2D eigenvalue weighted by Gasteiger charge is 2.16. The van der Waals surface area contributed by atoms with Gasteiger partial charge in [0.15, 0.2) is 0 Å². The van der Waals surface area contributed by atoms with Crippen LogP contribution in [0.4, 0.5) is 4.39 Å². The second-order valence-electron chi connectivity index (χ2n) is 3.48. The molecule has 1 unspecified atom stereocenters. The van der Waals surface area contributed by atoms with Gasteiger partial charge in [0.1, 0.15) is 5.82 Å². The fourth-order valence-electron chi connectivity index (χ4n) is 1.50. The molecular formula is C11H13FN4. The molecule has 2 aromatic heterocycles. The predicted molar refractivity (Wildman–Crippen MR) is 58.1 cm³/mol. The summed E-state index contributed by atoms with van der Waals surface area (Å²) >= 11 is 0. The van der Waals surface area contributed by atoms with Crippen molar-refractivity contribution in [3.05, 3.63) is 47.8 Å². The van der Waals surface area contributed by atoms with E-state index in [0.717, 1.165) is 12.1 Å². The number of hydrogen-bond acceptors (Lipinski definition) is 3. The lowest BCUT2D eigenvalue weighted by Crippen LogP contribution is -2.14. The van der Waals surface area contributed by atoms with Crippen LogP contribution in [0.25, 0.3) is 0 Å². The van der Waals surface area contributed by atoms with Gasteiger partial charge in [-0.25, -0.2) is 4.39 Å². The number of nitrogens with zero attached hydrogens (tertiary/aromatic N) is 3. The Labute approximate surface area is 92.9 Å². The van der Waals surface area contributed by atoms with Gasteiger partial charge in [0, 0.05) is 24.5 Å². The summed E-state index contributed by atoms with van der Waals surface area (Å²) in [4.78, 5) is 3.95. The van der Waals surface area contributed by atoms with Crippen LogP contribution in [0.15, 0.2) is 30.7 Å². The predicted octanol–water partition coefficient (Wildman–Crippen LogP) is 1.49. The monoisotopic (exact) mass is 220 g/mol. The van der Waals surface area contributed by atoms with Crippen LogP contribution in [0.5, 0.6) is 0 Å². The van der Waals surface area contributed by atoms with Crippen LogP contribution >= 0.6 is 0 Å². The summed E-state index contributed by atoms with van der Waals surface area (Å²) < 4.78 is 15.2. The molecule has 0 aromatic carbocycles. The molecule has 16 heavy (non-hydrogen) atoms. The van der Waals surface area contributed by atoms with Crippen LogP contribution in [-0.4, -0.2) is 14.8 Å². The molecule has 0 aliphatic carbocycles. The molecule has 84 valence electrons. The molecule has 2 aromatic rings. The maximum atomic E-state index is 13.4. The summed E-state index contributed by atoms with van der Waals surface area (Å²) in [6.45, 7) is 2.74. The van der Waals surface area contributed by atoms with E-state index in [9.17, 15) is 4.39 Å². The molecule has 0 aliphatic heterocycles. The van der Waals surface area contributed by atoms with Gasteiger partial charge in [0.2, 0.25) is 0 Å². The van der Waals surface area contributed by atoms with Gasteiger partial charge in [-0.2, -0.15) is 5.10 Å². The average molecular weight is 220 g/mol. The fourth-order valence-corrected chi connectivity index (χ4v) is 1.50. The first kappa shape index (κ1) is 10.8. The third-order valence-electron chi connectivity index (χ3n) is 2.42. The average Bonchev–Trinajstić information content (AvgIpc) is 2.77. The molecule has 2 heterocycles. The van der Waals surface area contributed by atoms with Gasteiger partial charge < -0.3 is 5.73 Å². The second-order valence-corrected chi connectivity index (χ2v) is 3.48. The van der Waals surface area contributed by atoms with E-state index in [4.69, 9.17) is 5.73 Å². The van der Waals surface area contributed by atoms with Gasteiger partial charge >= 0.3 is 0 Å². The lowest BCUT2D eigenvalue weighted by Gasteiger charge is -2.09. The first-order chi connectivity index (χ1) is 7.72. The Hall–Kier alpha value is -1.75. The largest absolute Gasteiger partial charge is 0.319 e. The van der Waals surface area contributed by atoms with Crippen molar-refractivity contribution in [1.29, 1.82) is 0 Å². The smallest absolute Gasteiger partial charge is 0.146 e. The normalized spacial score (nSPS) is 12.7. The van der Waals surface area contributed by atoms with Crippen molar-refractivity contribution >= 4 is 0 Å². The van der Waals surface area contributed by atoms with Crippen molar-refractivity contribution in [2.24, 2.45) is 5.73 Å². The number of pyridine rings is 1. The maximum absolute atomic E-state index is 13.4. The highest BCUT2D eigenvalue weighted by molar-refractivity contribution is 5.23. The zero-order valence-corrected chi connectivity index (χ0v) is 8.97. The maximum Gasteiger partial charge on any atom is 0.146 e. The molecule has 0 saturated heterocycles. The Morgan fingerprint density at radius 1 is 1.56 bits per heavy atom. The number of aromatic nitrogens is 3. The van der Waals surface area contributed by atoms with Gasteiger partial charge in [-0.15, -0.1) is 0 Å².